The van der Waals surface area contributed by atoms with Crippen molar-refractivity contribution in [3.63, 3.8) is 0 Å². The van der Waals surface area contributed by atoms with E-state index in [0.717, 1.165) is 83.0 Å². The van der Waals surface area contributed by atoms with Crippen LogP contribution in [0, 0.1) is 0 Å². The van der Waals surface area contributed by atoms with Gasteiger partial charge >= 0.3 is 0 Å². The van der Waals surface area contributed by atoms with E-state index in [1.54, 1.807) is 0 Å². The molecule has 0 fully saturated rings. The van der Waals surface area contributed by atoms with Gasteiger partial charge in [0.25, 0.3) is 0 Å². The predicted molar refractivity (Wildman–Crippen MR) is 236 cm³/mol. The third-order valence-corrected chi connectivity index (χ3v) is 11.7. The van der Waals surface area contributed by atoms with Gasteiger partial charge in [0, 0.05) is 60.9 Å². The van der Waals surface area contributed by atoms with Gasteiger partial charge in [0.2, 0.25) is 0 Å². The minimum absolute atomic E-state index is 0.600. The highest BCUT2D eigenvalue weighted by Gasteiger charge is 2.24. The molecular weight excluding hydrogens is 713 g/mol. The van der Waals surface area contributed by atoms with Crippen LogP contribution in [0.5, 0.6) is 0 Å². The average Bonchev–Trinajstić information content (AvgIpc) is 4.03. The van der Waals surface area contributed by atoms with E-state index in [2.05, 4.69) is 165 Å². The smallest absolute Gasteiger partial charge is 0.181 e. The maximum Gasteiger partial charge on any atom is 0.181 e. The molecule has 0 amide bonds. The van der Waals surface area contributed by atoms with Crippen molar-refractivity contribution in [3.05, 3.63) is 182 Å². The molecule has 58 heavy (non-hydrogen) atoms. The van der Waals surface area contributed by atoms with E-state index in [1.165, 1.54) is 21.5 Å². The number of nitrogens with zero attached hydrogens (tertiary/aromatic N) is 6. The summed E-state index contributed by atoms with van der Waals surface area (Å²) in [6.07, 6.45) is 1.88. The first-order chi connectivity index (χ1) is 28.8. The predicted octanol–water partition coefficient (Wildman–Crippen LogP) is 12.7. The number of rotatable bonds is 4. The van der Waals surface area contributed by atoms with Crippen LogP contribution in [0.25, 0.3) is 116 Å². The van der Waals surface area contributed by atoms with E-state index in [-0.39, 0.29) is 0 Å². The van der Waals surface area contributed by atoms with E-state index in [9.17, 15) is 0 Å². The Hall–Kier alpha value is -8.03. The van der Waals surface area contributed by atoms with Gasteiger partial charge in [-0.3, -0.25) is 13.7 Å². The number of furan rings is 1. The fraction of sp³-hybridized carbons (Fsp3) is 0. The lowest BCUT2D eigenvalue weighted by Crippen LogP contribution is -2.07. The number of benzene rings is 7. The molecule has 0 unspecified atom stereocenters. The summed E-state index contributed by atoms with van der Waals surface area (Å²) in [6, 6.07) is 61.5. The van der Waals surface area contributed by atoms with Gasteiger partial charge < -0.3 is 4.42 Å². The molecule has 0 saturated heterocycles. The van der Waals surface area contributed by atoms with Gasteiger partial charge in [-0.1, -0.05) is 121 Å². The molecule has 0 aliphatic rings. The number of fused-ring (bicyclic) bond motifs is 12. The second-order valence-electron chi connectivity index (χ2n) is 14.8. The molecule has 0 atom stereocenters. The van der Waals surface area contributed by atoms with Crippen molar-refractivity contribution in [2.75, 3.05) is 0 Å². The van der Waals surface area contributed by atoms with Crippen molar-refractivity contribution < 1.29 is 4.42 Å². The van der Waals surface area contributed by atoms with Crippen LogP contribution in [0.2, 0.25) is 0 Å². The van der Waals surface area contributed by atoms with Gasteiger partial charge in [0.05, 0.1) is 33.1 Å². The minimum atomic E-state index is 0.600. The second kappa shape index (κ2) is 11.7. The zero-order chi connectivity index (χ0) is 37.9. The van der Waals surface area contributed by atoms with Gasteiger partial charge in [0.1, 0.15) is 17.2 Å². The second-order valence-corrected chi connectivity index (χ2v) is 14.8. The van der Waals surface area contributed by atoms with Crippen molar-refractivity contribution >= 4 is 87.4 Å². The van der Waals surface area contributed by atoms with E-state index >= 15 is 0 Å². The molecule has 13 aromatic rings. The van der Waals surface area contributed by atoms with Crippen LogP contribution < -0.4 is 0 Å². The standard InChI is InChI=1S/C51H30N6O/c1-7-22-40-31(14-1)32-15-2-8-23-41(32)55(40)46-30-47(56-42-24-9-3-16-33(42)34-17-4-10-25-43(34)56)54-50(53-46)39-21-13-20-37-35-18-5-11-26-44(35)57(48(37)39)51-49-38(28-29-52-51)36-19-6-12-27-45(36)58-49/h1-30H. The SMILES string of the molecule is c1ccc2c(c1)oc1c(-n3c4ccccc4c4cccc(-c5nc(-n6c7ccccc7c7ccccc76)cc(-n6c7ccccc7c7ccccc76)n5)c43)nccc12. The quantitative estimate of drug-likeness (QED) is 0.180. The van der Waals surface area contributed by atoms with E-state index < -0.39 is 0 Å². The summed E-state index contributed by atoms with van der Waals surface area (Å²) in [5.41, 5.74) is 8.72. The third-order valence-electron chi connectivity index (χ3n) is 11.7. The zero-order valence-corrected chi connectivity index (χ0v) is 30.9. The maximum atomic E-state index is 6.63. The number of pyridine rings is 1. The van der Waals surface area contributed by atoms with E-state index in [4.69, 9.17) is 19.4 Å². The highest BCUT2D eigenvalue weighted by Crippen LogP contribution is 2.41. The van der Waals surface area contributed by atoms with Crippen LogP contribution in [-0.2, 0) is 0 Å². The number of aromatic nitrogens is 6. The number of hydrogen-bond acceptors (Lipinski definition) is 4. The van der Waals surface area contributed by atoms with Crippen molar-refractivity contribution in [1.82, 2.24) is 28.7 Å². The molecule has 0 bridgehead atoms. The molecule has 13 rings (SSSR count). The Bertz CT molecular complexity index is 3590. The first-order valence-corrected chi connectivity index (χ1v) is 19.5. The molecule has 0 N–H and O–H groups in total. The Kier molecular flexibility index (Phi) is 6.32. The molecule has 7 aromatic carbocycles. The summed E-state index contributed by atoms with van der Waals surface area (Å²) in [5, 5.41) is 8.94. The summed E-state index contributed by atoms with van der Waals surface area (Å²) >= 11 is 0. The molecular formula is C51H30N6O. The first kappa shape index (κ1) is 31.2. The Morgan fingerprint density at radius 2 is 0.828 bits per heavy atom. The summed E-state index contributed by atoms with van der Waals surface area (Å²) in [5.74, 6) is 2.86. The highest BCUT2D eigenvalue weighted by atomic mass is 16.3. The monoisotopic (exact) mass is 742 g/mol. The van der Waals surface area contributed by atoms with Crippen LogP contribution in [0.3, 0.4) is 0 Å². The Balaban J connectivity index is 1.18. The van der Waals surface area contributed by atoms with E-state index in [0.29, 0.717) is 11.6 Å². The average molecular weight is 743 g/mol. The third kappa shape index (κ3) is 4.24. The van der Waals surface area contributed by atoms with Crippen LogP contribution in [0.4, 0.5) is 0 Å². The summed E-state index contributed by atoms with van der Waals surface area (Å²) in [6.45, 7) is 0. The fourth-order valence-corrected chi connectivity index (χ4v) is 9.33. The normalized spacial score (nSPS) is 12.1. The minimum Gasteiger partial charge on any atom is -0.452 e. The molecule has 7 nitrogen and oxygen atoms in total. The van der Waals surface area contributed by atoms with Crippen molar-refractivity contribution in [1.29, 1.82) is 0 Å². The van der Waals surface area contributed by atoms with Crippen LogP contribution in [-0.4, -0.2) is 28.7 Å². The Morgan fingerprint density at radius 1 is 0.379 bits per heavy atom. The molecule has 0 aliphatic carbocycles. The lowest BCUT2D eigenvalue weighted by Gasteiger charge is -2.15. The maximum absolute atomic E-state index is 6.63. The fourth-order valence-electron chi connectivity index (χ4n) is 9.33. The van der Waals surface area contributed by atoms with Gasteiger partial charge in [-0.15, -0.1) is 0 Å². The van der Waals surface area contributed by atoms with Crippen LogP contribution in [0.1, 0.15) is 0 Å². The molecule has 0 aliphatic heterocycles. The molecule has 0 radical (unpaired) electrons. The lowest BCUT2D eigenvalue weighted by atomic mass is 10.1. The summed E-state index contributed by atoms with van der Waals surface area (Å²) in [7, 11) is 0. The van der Waals surface area contributed by atoms with Gasteiger partial charge in [0.15, 0.2) is 17.2 Å². The lowest BCUT2D eigenvalue weighted by molar-refractivity contribution is 0.663. The van der Waals surface area contributed by atoms with Crippen LogP contribution >= 0.6 is 0 Å². The topological polar surface area (TPSA) is 66.6 Å². The van der Waals surface area contributed by atoms with Crippen molar-refractivity contribution in [2.45, 2.75) is 0 Å². The van der Waals surface area contributed by atoms with Crippen molar-refractivity contribution in [2.24, 2.45) is 0 Å². The number of para-hydroxylation sites is 7. The molecule has 0 spiro atoms. The first-order valence-electron chi connectivity index (χ1n) is 19.5. The molecule has 6 aromatic heterocycles. The van der Waals surface area contributed by atoms with Gasteiger partial charge in [-0.25, -0.2) is 15.0 Å². The van der Waals surface area contributed by atoms with E-state index in [1.807, 2.05) is 30.5 Å². The van der Waals surface area contributed by atoms with Gasteiger partial charge in [-0.05, 0) is 48.5 Å². The molecule has 7 heteroatoms. The molecule has 0 saturated carbocycles. The largest absolute Gasteiger partial charge is 0.452 e. The summed E-state index contributed by atoms with van der Waals surface area (Å²) < 4.78 is 13.4. The Labute approximate surface area is 330 Å². The Morgan fingerprint density at radius 3 is 1.38 bits per heavy atom. The summed E-state index contributed by atoms with van der Waals surface area (Å²) in [4.78, 5) is 16.2. The molecule has 6 heterocycles. The van der Waals surface area contributed by atoms with Gasteiger partial charge in [-0.2, -0.15) is 0 Å². The molecule has 270 valence electrons. The van der Waals surface area contributed by atoms with Crippen molar-refractivity contribution in [3.8, 4) is 28.8 Å². The van der Waals surface area contributed by atoms with Crippen LogP contribution in [0.15, 0.2) is 187 Å². The zero-order valence-electron chi connectivity index (χ0n) is 30.9. The highest BCUT2D eigenvalue weighted by molar-refractivity contribution is 6.16. The number of hydrogen-bond donors (Lipinski definition) is 0.